The first kappa shape index (κ1) is 14.0. The minimum absolute atomic E-state index is 0.0357. The number of carbonyl (C=O) groups is 1. The van der Waals surface area contributed by atoms with Crippen LogP contribution in [-0.4, -0.2) is 25.2 Å². The lowest BCUT2D eigenvalue weighted by Crippen LogP contribution is -2.37. The van der Waals surface area contributed by atoms with E-state index in [1.54, 1.807) is 0 Å². The van der Waals surface area contributed by atoms with E-state index < -0.39 is 0 Å². The molecule has 2 aliphatic rings. The van der Waals surface area contributed by atoms with Gasteiger partial charge in [0.25, 0.3) is 0 Å². The Morgan fingerprint density at radius 2 is 2.14 bits per heavy atom. The fourth-order valence-corrected chi connectivity index (χ4v) is 3.48. The summed E-state index contributed by atoms with van der Waals surface area (Å²) >= 11 is 0. The van der Waals surface area contributed by atoms with Gasteiger partial charge in [0.15, 0.2) is 0 Å². The van der Waals surface area contributed by atoms with Crippen molar-refractivity contribution in [3.8, 4) is 0 Å². The van der Waals surface area contributed by atoms with Gasteiger partial charge >= 0.3 is 5.97 Å². The number of carbonyl (C=O) groups excluding carboxylic acids is 1. The van der Waals surface area contributed by atoms with Crippen LogP contribution in [0, 0.1) is 5.41 Å². The number of esters is 1. The molecule has 0 spiro atoms. The summed E-state index contributed by atoms with van der Waals surface area (Å²) in [5.41, 5.74) is 3.13. The Bertz CT molecular complexity index is 592. The van der Waals surface area contributed by atoms with E-state index in [9.17, 15) is 4.79 Å². The number of ether oxygens (including phenoxy) is 1. The third-order valence-electron chi connectivity index (χ3n) is 4.44. The quantitative estimate of drug-likeness (QED) is 0.821. The maximum atomic E-state index is 12.3. The lowest BCUT2D eigenvalue weighted by Gasteiger charge is -2.34. The number of hydrogen-bond donors (Lipinski definition) is 2. The van der Waals surface area contributed by atoms with Gasteiger partial charge in [0, 0.05) is 24.4 Å². The van der Waals surface area contributed by atoms with Gasteiger partial charge in [-0.3, -0.25) is 0 Å². The first-order valence-electron chi connectivity index (χ1n) is 7.50. The summed E-state index contributed by atoms with van der Waals surface area (Å²) in [7, 11) is 0. The van der Waals surface area contributed by atoms with Crippen LogP contribution in [-0.2, 0) is 9.53 Å². The van der Waals surface area contributed by atoms with Crippen molar-refractivity contribution in [1.29, 1.82) is 0 Å². The van der Waals surface area contributed by atoms with E-state index in [4.69, 9.17) is 4.74 Å². The number of fused-ring (bicyclic) bond motifs is 3. The minimum Gasteiger partial charge on any atom is -0.463 e. The smallest absolute Gasteiger partial charge is 0.337 e. The van der Waals surface area contributed by atoms with E-state index in [1.807, 2.05) is 19.2 Å². The number of benzene rings is 1. The molecule has 0 amide bonds. The van der Waals surface area contributed by atoms with E-state index in [2.05, 4.69) is 42.7 Å². The van der Waals surface area contributed by atoms with Gasteiger partial charge in [-0.05, 0) is 24.0 Å². The predicted octanol–water partition coefficient (Wildman–Crippen LogP) is 2.64. The zero-order chi connectivity index (χ0) is 15.0. The van der Waals surface area contributed by atoms with Gasteiger partial charge < -0.3 is 15.4 Å². The number of para-hydroxylation sites is 1. The highest BCUT2D eigenvalue weighted by atomic mass is 16.5. The average molecular weight is 286 g/mol. The van der Waals surface area contributed by atoms with Gasteiger partial charge in [0.1, 0.15) is 0 Å². The zero-order valence-electron chi connectivity index (χ0n) is 12.8. The molecular weight excluding hydrogens is 264 g/mol. The van der Waals surface area contributed by atoms with Crippen molar-refractivity contribution in [3.63, 3.8) is 0 Å². The van der Waals surface area contributed by atoms with Crippen LogP contribution in [0.5, 0.6) is 0 Å². The van der Waals surface area contributed by atoms with Crippen LogP contribution in [0.2, 0.25) is 0 Å². The lowest BCUT2D eigenvalue weighted by molar-refractivity contribution is -0.138. The molecule has 2 unspecified atom stereocenters. The molecule has 0 aliphatic carbocycles. The highest BCUT2D eigenvalue weighted by Crippen LogP contribution is 2.49. The minimum atomic E-state index is -0.238. The van der Waals surface area contributed by atoms with Gasteiger partial charge in [-0.25, -0.2) is 4.79 Å². The summed E-state index contributed by atoms with van der Waals surface area (Å²) in [4.78, 5) is 12.3. The Morgan fingerprint density at radius 3 is 2.90 bits per heavy atom. The second-order valence-electron chi connectivity index (χ2n) is 6.38. The first-order valence-corrected chi connectivity index (χ1v) is 7.50. The zero-order valence-corrected chi connectivity index (χ0v) is 12.8. The molecule has 0 bridgehead atoms. The van der Waals surface area contributed by atoms with E-state index in [1.165, 1.54) is 5.56 Å². The van der Waals surface area contributed by atoms with Crippen LogP contribution in [0.15, 0.2) is 36.0 Å². The third kappa shape index (κ3) is 2.28. The van der Waals surface area contributed by atoms with E-state index in [-0.39, 0.29) is 23.3 Å². The highest BCUT2D eigenvalue weighted by molar-refractivity contribution is 5.91. The van der Waals surface area contributed by atoms with Crippen molar-refractivity contribution >= 4 is 11.7 Å². The fourth-order valence-electron chi connectivity index (χ4n) is 3.48. The SMILES string of the molecule is CCOC(=O)C1=CNCC(C)(C)C2c3ccccc3NC12. The summed E-state index contributed by atoms with van der Waals surface area (Å²) in [6, 6.07) is 8.28. The van der Waals surface area contributed by atoms with Gasteiger partial charge in [-0.15, -0.1) is 0 Å². The van der Waals surface area contributed by atoms with E-state index in [0.717, 1.165) is 12.2 Å². The molecular formula is C17H22N2O2. The van der Waals surface area contributed by atoms with Crippen LogP contribution < -0.4 is 10.6 Å². The molecule has 1 aromatic rings. The number of nitrogens with one attached hydrogen (secondary N) is 2. The largest absolute Gasteiger partial charge is 0.463 e. The summed E-state index contributed by atoms with van der Waals surface area (Å²) in [6.07, 6.45) is 1.82. The second-order valence-corrected chi connectivity index (χ2v) is 6.38. The second kappa shape index (κ2) is 5.10. The molecule has 4 nitrogen and oxygen atoms in total. The molecule has 0 saturated carbocycles. The van der Waals surface area contributed by atoms with Crippen molar-refractivity contribution < 1.29 is 9.53 Å². The Kier molecular flexibility index (Phi) is 3.40. The molecule has 0 fully saturated rings. The Labute approximate surface area is 125 Å². The molecule has 112 valence electrons. The van der Waals surface area contributed by atoms with Crippen molar-refractivity contribution in [2.24, 2.45) is 5.41 Å². The van der Waals surface area contributed by atoms with E-state index >= 15 is 0 Å². The van der Waals surface area contributed by atoms with Crippen molar-refractivity contribution in [2.75, 3.05) is 18.5 Å². The maximum absolute atomic E-state index is 12.3. The number of rotatable bonds is 2. The predicted molar refractivity (Wildman–Crippen MR) is 83.1 cm³/mol. The van der Waals surface area contributed by atoms with Crippen molar-refractivity contribution in [3.05, 3.63) is 41.6 Å². The lowest BCUT2D eigenvalue weighted by atomic mass is 9.71. The normalized spacial score (nSPS) is 25.6. The fraction of sp³-hybridized carbons (Fsp3) is 0.471. The van der Waals surface area contributed by atoms with Crippen LogP contribution in [0.1, 0.15) is 32.3 Å². The molecule has 2 heterocycles. The third-order valence-corrected chi connectivity index (χ3v) is 4.44. The molecule has 3 rings (SSSR count). The molecule has 0 aromatic heterocycles. The van der Waals surface area contributed by atoms with Gasteiger partial charge in [-0.1, -0.05) is 32.0 Å². The number of hydrogen-bond acceptors (Lipinski definition) is 4. The summed E-state index contributed by atoms with van der Waals surface area (Å²) < 4.78 is 5.22. The standard InChI is InChI=1S/C17H22N2O2/c1-4-21-16(20)12-9-18-10-17(2,3)14-11-7-5-6-8-13(11)19-15(12)14/h5-9,14-15,18-19H,4,10H2,1-3H3. The summed E-state index contributed by atoms with van der Waals surface area (Å²) in [5.74, 6) is 0.0114. The van der Waals surface area contributed by atoms with Crippen LogP contribution >= 0.6 is 0 Å². The van der Waals surface area contributed by atoms with Crippen LogP contribution in [0.4, 0.5) is 5.69 Å². The molecule has 21 heavy (non-hydrogen) atoms. The monoisotopic (exact) mass is 286 g/mol. The van der Waals surface area contributed by atoms with Crippen molar-refractivity contribution in [2.45, 2.75) is 32.7 Å². The molecule has 2 aliphatic heterocycles. The molecule has 2 N–H and O–H groups in total. The highest BCUT2D eigenvalue weighted by Gasteiger charge is 2.46. The molecule has 1 aromatic carbocycles. The molecule has 4 heteroatoms. The molecule has 0 saturated heterocycles. The summed E-state index contributed by atoms with van der Waals surface area (Å²) in [6.45, 7) is 7.53. The number of anilines is 1. The first-order chi connectivity index (χ1) is 10.0. The van der Waals surface area contributed by atoms with E-state index in [0.29, 0.717) is 12.2 Å². The van der Waals surface area contributed by atoms with Crippen LogP contribution in [0.3, 0.4) is 0 Å². The van der Waals surface area contributed by atoms with Gasteiger partial charge in [0.2, 0.25) is 0 Å². The van der Waals surface area contributed by atoms with Gasteiger partial charge in [0.05, 0.1) is 18.2 Å². The topological polar surface area (TPSA) is 50.4 Å². The van der Waals surface area contributed by atoms with Gasteiger partial charge in [-0.2, -0.15) is 0 Å². The summed E-state index contributed by atoms with van der Waals surface area (Å²) in [5, 5.41) is 6.80. The van der Waals surface area contributed by atoms with Crippen LogP contribution in [0.25, 0.3) is 0 Å². The van der Waals surface area contributed by atoms with Crippen molar-refractivity contribution in [1.82, 2.24) is 5.32 Å². The molecule has 2 atom stereocenters. The maximum Gasteiger partial charge on any atom is 0.337 e. The Morgan fingerprint density at radius 1 is 1.38 bits per heavy atom. The Balaban J connectivity index is 2.03. The average Bonchev–Trinajstić information content (AvgIpc) is 2.77. The molecule has 0 radical (unpaired) electrons. The Hall–Kier alpha value is -1.97.